The third-order valence-electron chi connectivity index (χ3n) is 2.76. The number of carbonyl (C=O) groups excluding carboxylic acids is 1. The molecule has 5 N–H and O–H groups in total. The molecule has 8 heteroatoms. The van der Waals surface area contributed by atoms with Gasteiger partial charge in [-0.1, -0.05) is 0 Å². The van der Waals surface area contributed by atoms with Crippen molar-refractivity contribution in [2.75, 3.05) is 10.7 Å². The summed E-state index contributed by atoms with van der Waals surface area (Å²) in [4.78, 5) is 11.9. The zero-order valence-electron chi connectivity index (χ0n) is 12.3. The lowest BCUT2D eigenvalue weighted by Crippen LogP contribution is -2.21. The number of nitrogens with zero attached hydrogens (tertiary/aromatic N) is 2. The monoisotopic (exact) mass is 310 g/mol. The number of nitrogens with two attached hydrogens (primary N) is 1. The normalized spacial score (nSPS) is 10.7. The van der Waals surface area contributed by atoms with E-state index in [9.17, 15) is 4.79 Å². The van der Waals surface area contributed by atoms with Gasteiger partial charge in [0.1, 0.15) is 11.8 Å². The molecule has 0 aliphatic heterocycles. The van der Waals surface area contributed by atoms with Crippen LogP contribution in [-0.4, -0.2) is 17.5 Å². The van der Waals surface area contributed by atoms with Crippen LogP contribution < -0.4 is 16.5 Å². The highest BCUT2D eigenvalue weighted by molar-refractivity contribution is 6.45. The van der Waals surface area contributed by atoms with Gasteiger partial charge >= 0.3 is 0 Å². The van der Waals surface area contributed by atoms with Crippen LogP contribution in [0.4, 0.5) is 11.4 Å². The first-order valence-electron chi connectivity index (χ1n) is 6.55. The average Bonchev–Trinajstić information content (AvgIpc) is 2.96. The largest absolute Gasteiger partial charge is 0.456 e. The fourth-order valence-corrected chi connectivity index (χ4v) is 1.64. The summed E-state index contributed by atoms with van der Waals surface area (Å²) in [5, 5.41) is 22.3. The van der Waals surface area contributed by atoms with Gasteiger partial charge in [-0.25, -0.2) is 0 Å². The van der Waals surface area contributed by atoms with Crippen molar-refractivity contribution >= 4 is 28.8 Å². The van der Waals surface area contributed by atoms with Gasteiger partial charge in [0, 0.05) is 5.69 Å². The summed E-state index contributed by atoms with van der Waals surface area (Å²) in [6, 6.07) is 11.6. The van der Waals surface area contributed by atoms with E-state index in [0.29, 0.717) is 17.1 Å². The summed E-state index contributed by atoms with van der Waals surface area (Å²) in [7, 11) is 0. The number of amides is 1. The van der Waals surface area contributed by atoms with Crippen molar-refractivity contribution in [1.29, 1.82) is 10.7 Å². The molecule has 0 saturated carbocycles. The Hall–Kier alpha value is -3.60. The number of benzene rings is 1. The van der Waals surface area contributed by atoms with E-state index in [2.05, 4.69) is 15.8 Å². The number of hydrogen-bond acceptors (Lipinski definition) is 6. The molecular weight excluding hydrogens is 296 g/mol. The molecule has 0 aliphatic rings. The van der Waals surface area contributed by atoms with Crippen LogP contribution in [0.15, 0.2) is 45.9 Å². The predicted octanol–water partition coefficient (Wildman–Crippen LogP) is 2.07. The van der Waals surface area contributed by atoms with Crippen molar-refractivity contribution in [3.05, 3.63) is 47.9 Å². The molecule has 1 amide bonds. The van der Waals surface area contributed by atoms with Gasteiger partial charge in [0.15, 0.2) is 11.6 Å². The lowest BCUT2D eigenvalue weighted by molar-refractivity contribution is 0.0995. The molecule has 0 unspecified atom stereocenters. The van der Waals surface area contributed by atoms with E-state index in [4.69, 9.17) is 20.8 Å². The van der Waals surface area contributed by atoms with Crippen LogP contribution in [0.5, 0.6) is 0 Å². The first-order valence-corrected chi connectivity index (χ1v) is 6.55. The maximum absolute atomic E-state index is 11.9. The van der Waals surface area contributed by atoms with Gasteiger partial charge in [0.25, 0.3) is 5.91 Å². The van der Waals surface area contributed by atoms with Crippen molar-refractivity contribution in [2.24, 2.45) is 10.8 Å². The highest BCUT2D eigenvalue weighted by Gasteiger charge is 2.10. The second-order valence-electron chi connectivity index (χ2n) is 4.54. The number of rotatable bonds is 5. The maximum Gasteiger partial charge on any atom is 0.291 e. The first-order chi connectivity index (χ1) is 11.0. The highest BCUT2D eigenvalue weighted by atomic mass is 16.3. The fourth-order valence-electron chi connectivity index (χ4n) is 1.64. The topological polar surface area (TPSA) is 140 Å². The SMILES string of the molecule is Cc1ccc(C(=O)Nc2ccc(N/N=C(\C#N)C(=N)N)cc2)o1. The average molecular weight is 310 g/mol. The molecule has 0 saturated heterocycles. The van der Waals surface area contributed by atoms with Crippen LogP contribution in [0.2, 0.25) is 0 Å². The van der Waals surface area contributed by atoms with Crippen molar-refractivity contribution in [1.82, 2.24) is 0 Å². The molecule has 0 bridgehead atoms. The van der Waals surface area contributed by atoms with E-state index in [-0.39, 0.29) is 17.4 Å². The lowest BCUT2D eigenvalue weighted by Gasteiger charge is -2.05. The van der Waals surface area contributed by atoms with Crippen LogP contribution in [0.25, 0.3) is 0 Å². The summed E-state index contributed by atoms with van der Waals surface area (Å²) in [5.41, 5.74) is 8.72. The van der Waals surface area contributed by atoms with Gasteiger partial charge in [-0.05, 0) is 43.3 Å². The summed E-state index contributed by atoms with van der Waals surface area (Å²) in [6.07, 6.45) is 0. The standard InChI is InChI=1S/C15H14N6O2/c1-9-2-7-13(23-9)15(22)19-10-3-5-11(6-4-10)20-21-12(8-16)14(17)18/h2-7,20H,1H3,(H3,17,18)(H,19,22)/b21-12+. The third kappa shape index (κ3) is 4.18. The van der Waals surface area contributed by atoms with Gasteiger partial charge in [0.2, 0.25) is 5.71 Å². The van der Waals surface area contributed by atoms with Crippen LogP contribution in [0.3, 0.4) is 0 Å². The van der Waals surface area contributed by atoms with Crippen LogP contribution >= 0.6 is 0 Å². The second kappa shape index (κ2) is 6.91. The van der Waals surface area contributed by atoms with Crippen molar-refractivity contribution in [3.8, 4) is 6.07 Å². The minimum atomic E-state index is -0.419. The van der Waals surface area contributed by atoms with E-state index in [1.807, 2.05) is 0 Å². The van der Waals surface area contributed by atoms with Crippen LogP contribution in [-0.2, 0) is 0 Å². The Morgan fingerprint density at radius 3 is 2.43 bits per heavy atom. The second-order valence-corrected chi connectivity index (χ2v) is 4.54. The van der Waals surface area contributed by atoms with Gasteiger partial charge in [-0.3, -0.25) is 15.6 Å². The summed E-state index contributed by atoms with van der Waals surface area (Å²) < 4.78 is 5.24. The van der Waals surface area contributed by atoms with Crippen molar-refractivity contribution in [3.63, 3.8) is 0 Å². The van der Waals surface area contributed by atoms with Gasteiger partial charge in [-0.2, -0.15) is 10.4 Å². The Kier molecular flexibility index (Phi) is 4.74. The Labute approximate surface area is 132 Å². The molecule has 23 heavy (non-hydrogen) atoms. The summed E-state index contributed by atoms with van der Waals surface area (Å²) in [6.45, 7) is 1.76. The smallest absolute Gasteiger partial charge is 0.291 e. The quantitative estimate of drug-likeness (QED) is 0.380. The van der Waals surface area contributed by atoms with E-state index >= 15 is 0 Å². The fraction of sp³-hybridized carbons (Fsp3) is 0.0667. The lowest BCUT2D eigenvalue weighted by atomic mass is 10.3. The van der Waals surface area contributed by atoms with E-state index in [1.54, 1.807) is 49.4 Å². The van der Waals surface area contributed by atoms with E-state index in [0.717, 1.165) is 0 Å². The Balaban J connectivity index is 2.01. The minimum absolute atomic E-state index is 0.212. The van der Waals surface area contributed by atoms with Gasteiger partial charge in [-0.15, -0.1) is 0 Å². The molecule has 0 aliphatic carbocycles. The minimum Gasteiger partial charge on any atom is -0.456 e. The molecule has 1 aromatic heterocycles. The maximum atomic E-state index is 11.9. The summed E-state index contributed by atoms with van der Waals surface area (Å²) in [5.74, 6) is 0.124. The Morgan fingerprint density at radius 2 is 1.91 bits per heavy atom. The van der Waals surface area contributed by atoms with Gasteiger partial charge in [0.05, 0.1) is 5.69 Å². The third-order valence-corrected chi connectivity index (χ3v) is 2.76. The highest BCUT2D eigenvalue weighted by Crippen LogP contribution is 2.15. The number of carbonyl (C=O) groups is 1. The van der Waals surface area contributed by atoms with Gasteiger partial charge < -0.3 is 15.5 Å². The molecule has 0 fully saturated rings. The Morgan fingerprint density at radius 1 is 1.26 bits per heavy atom. The number of hydrogen-bond donors (Lipinski definition) is 4. The number of amidine groups is 1. The number of aryl methyl sites for hydroxylation is 1. The van der Waals surface area contributed by atoms with Crippen molar-refractivity contribution < 1.29 is 9.21 Å². The molecule has 0 atom stereocenters. The molecule has 1 heterocycles. The number of hydrazone groups is 1. The Bertz CT molecular complexity index is 798. The number of nitrogens with one attached hydrogen (secondary N) is 3. The van der Waals surface area contributed by atoms with E-state index < -0.39 is 5.84 Å². The summed E-state index contributed by atoms with van der Waals surface area (Å²) >= 11 is 0. The number of anilines is 2. The predicted molar refractivity (Wildman–Crippen MR) is 86.4 cm³/mol. The zero-order chi connectivity index (χ0) is 16.8. The number of nitriles is 1. The molecule has 0 radical (unpaired) electrons. The molecular formula is C15H14N6O2. The molecule has 2 rings (SSSR count). The molecule has 2 aromatic rings. The molecule has 8 nitrogen and oxygen atoms in total. The van der Waals surface area contributed by atoms with Crippen LogP contribution in [0.1, 0.15) is 16.3 Å². The van der Waals surface area contributed by atoms with Crippen LogP contribution in [0, 0.1) is 23.7 Å². The molecule has 116 valence electrons. The molecule has 1 aromatic carbocycles. The molecule has 0 spiro atoms. The first kappa shape index (κ1) is 15.8. The number of furan rings is 1. The van der Waals surface area contributed by atoms with E-state index in [1.165, 1.54) is 0 Å². The zero-order valence-corrected chi connectivity index (χ0v) is 12.3. The van der Waals surface area contributed by atoms with Crippen molar-refractivity contribution in [2.45, 2.75) is 6.92 Å².